The lowest BCUT2D eigenvalue weighted by Gasteiger charge is -2.32. The van der Waals surface area contributed by atoms with E-state index in [0.717, 1.165) is 143 Å². The Bertz CT molecular complexity index is 4620. The van der Waals surface area contributed by atoms with E-state index in [1.165, 1.54) is 11.1 Å². The van der Waals surface area contributed by atoms with E-state index in [0.29, 0.717) is 48.6 Å². The summed E-state index contributed by atoms with van der Waals surface area (Å²) in [5, 5.41) is 15.8. The first kappa shape index (κ1) is 81.9. The van der Waals surface area contributed by atoms with Gasteiger partial charge in [0.2, 0.25) is 0 Å². The van der Waals surface area contributed by atoms with E-state index >= 15 is 0 Å². The van der Waals surface area contributed by atoms with Crippen molar-refractivity contribution in [1.82, 2.24) is 50.1 Å². The minimum Gasteiger partial charge on any atom is -0.399 e. The highest BCUT2D eigenvalue weighted by Gasteiger charge is 2.53. The van der Waals surface area contributed by atoms with Crippen LogP contribution in [0.5, 0.6) is 0 Å². The number of benzene rings is 3. The molecule has 9 aromatic heterocycles. The van der Waals surface area contributed by atoms with Gasteiger partial charge < -0.3 is 74.8 Å². The largest absolute Gasteiger partial charge is 0.500 e. The molecular weight excluding hydrogens is 1400 g/mol. The lowest BCUT2D eigenvalue weighted by molar-refractivity contribution is -0.365. The van der Waals surface area contributed by atoms with E-state index in [2.05, 4.69) is 127 Å². The highest BCUT2D eigenvalue weighted by molar-refractivity contribution is 9.10. The van der Waals surface area contributed by atoms with Crippen LogP contribution >= 0.6 is 15.9 Å². The molecule has 1 fully saturated rings. The number of nitrogens with zero attached hydrogens (tertiary/aromatic N) is 10. The lowest BCUT2D eigenvalue weighted by atomic mass is 9.77. The van der Waals surface area contributed by atoms with E-state index in [4.69, 9.17) is 70.3 Å². The monoisotopic (exact) mass is 1490 g/mol. The summed E-state index contributed by atoms with van der Waals surface area (Å²) in [5.41, 5.74) is 44.6. The molecule has 0 saturated carbocycles. The normalized spacial score (nSPS) is 12.5. The topological polar surface area (TPSA) is 367 Å². The van der Waals surface area contributed by atoms with Gasteiger partial charge in [-0.15, -0.1) is 0 Å². The van der Waals surface area contributed by atoms with Gasteiger partial charge in [0.15, 0.2) is 5.65 Å². The maximum atomic E-state index is 10.0. The molecule has 12 aromatic rings. The van der Waals surface area contributed by atoms with Crippen LogP contribution in [-0.2, 0) is 42.9 Å². The number of nitrogens with two attached hydrogens (primary N) is 5. The second-order valence-corrected chi connectivity index (χ2v) is 26.4. The maximum Gasteiger partial charge on any atom is 0.500 e. The van der Waals surface area contributed by atoms with Gasteiger partial charge in [-0.1, -0.05) is 112 Å². The standard InChI is InChI=1S/C19H18N4O.C18H19N3O.C11H18BNO3.C10H12N4O.C8H18O3.C7H6O.C5H6BrN3/c1-12-18(13(2)24-22-12)16-9-17-19(20-10-16)21-14(3)23(17)11-15-7-5-4-6-8-15;1-12-17(13(2)22-21-12)16-10-15(18(19)20-11-16)9-8-14-6-4-3-5-7-14;1-7-9(8(2)14-13-7)12-15-10(3,4)11(5,6)16-12;1-5-9(6(2)15-14-5)7-3-8(11)10(12)13-4-7;1-5-9-8(4,10-6-2)11-7-3;8-6-7-4-2-1-3-5-7;6-3-1-4(7)5(8)9-2-3/h4-10H,11H2,1-3H3;3-7,10-11H,8-9H2,1-2H3,(H2,19,20);1-6H3;3-4H,11H2,1-2H3,(H2,12,13);5-7H2,1-4H3;1-6H;1-2H,7H2,(H2,8,9). The zero-order valence-electron chi connectivity index (χ0n) is 63.0. The van der Waals surface area contributed by atoms with Crippen LogP contribution in [0.25, 0.3) is 44.5 Å². The fourth-order valence-corrected chi connectivity index (χ4v) is 11.4. The number of anilines is 5. The predicted octanol–water partition coefficient (Wildman–Crippen LogP) is 15.2. The first-order valence-electron chi connectivity index (χ1n) is 34.3. The Morgan fingerprint density at radius 3 is 1.35 bits per heavy atom. The van der Waals surface area contributed by atoms with Crippen molar-refractivity contribution < 1.29 is 46.4 Å². The van der Waals surface area contributed by atoms with Crippen molar-refractivity contribution in [3.8, 4) is 33.4 Å². The average molecular weight is 1500 g/mol. The van der Waals surface area contributed by atoms with E-state index in [9.17, 15) is 4.79 Å². The van der Waals surface area contributed by atoms with Gasteiger partial charge in [-0.05, 0) is 181 Å². The van der Waals surface area contributed by atoms with Crippen LogP contribution in [0.15, 0.2) is 163 Å². The average Bonchev–Trinajstić information content (AvgIpc) is 1.68. The minimum absolute atomic E-state index is 0.326. The van der Waals surface area contributed by atoms with E-state index in [1.54, 1.807) is 49.8 Å². The Labute approximate surface area is 622 Å². The van der Waals surface area contributed by atoms with Gasteiger partial charge in [0.25, 0.3) is 5.97 Å². The molecule has 0 radical (unpaired) electrons. The molecule has 13 rings (SSSR count). The molecule has 0 unspecified atom stereocenters. The Morgan fingerprint density at radius 2 is 0.933 bits per heavy atom. The first-order valence-corrected chi connectivity index (χ1v) is 35.1. The summed E-state index contributed by atoms with van der Waals surface area (Å²) in [7, 11) is -0.378. The summed E-state index contributed by atoms with van der Waals surface area (Å²) in [6.07, 6.45) is 9.53. The van der Waals surface area contributed by atoms with E-state index < -0.39 is 5.97 Å². The number of rotatable bonds is 16. The Hall–Kier alpha value is -10.4. The molecular formula is C78H97BBrN15O10. The lowest BCUT2D eigenvalue weighted by Crippen LogP contribution is -2.41. The molecule has 10 heterocycles. The second-order valence-electron chi connectivity index (χ2n) is 25.5. The smallest absolute Gasteiger partial charge is 0.399 e. The molecule has 25 nitrogen and oxygen atoms in total. The Morgan fingerprint density at radius 1 is 0.514 bits per heavy atom. The first-order chi connectivity index (χ1) is 49.9. The molecule has 554 valence electrons. The van der Waals surface area contributed by atoms with Crippen LogP contribution in [0.1, 0.15) is 134 Å². The SMILES string of the molecule is CCOC(C)(OCC)OCC.Cc1noc(C)c1-c1cnc(N)c(CCc2ccccc2)c1.Cc1noc(C)c1-c1cnc(N)c(N)c1.Cc1noc(C)c1-c1cnc2nc(C)n(Cc3ccccc3)c2c1.Cc1noc(C)c1B1OC(C)(C)C(C)(C)O1.Nc1cc(Br)cnc1N.O=Cc1ccccc1. The molecule has 0 atom stereocenters. The summed E-state index contributed by atoms with van der Waals surface area (Å²) < 4.78 is 51.5. The molecule has 10 N–H and O–H groups in total. The summed E-state index contributed by atoms with van der Waals surface area (Å²) in [6.45, 7) is 35.4. The number of aryl methyl sites for hydroxylation is 11. The highest BCUT2D eigenvalue weighted by Crippen LogP contribution is 2.37. The van der Waals surface area contributed by atoms with Gasteiger partial charge in [0.1, 0.15) is 52.6 Å². The predicted molar refractivity (Wildman–Crippen MR) is 416 cm³/mol. The van der Waals surface area contributed by atoms with Crippen LogP contribution in [0, 0.1) is 62.3 Å². The van der Waals surface area contributed by atoms with Gasteiger partial charge in [-0.25, -0.2) is 24.9 Å². The number of ether oxygens (including phenoxy) is 3. The quantitative estimate of drug-likeness (QED) is 0.0341. The number of aromatic nitrogens is 10. The van der Waals surface area contributed by atoms with Crippen LogP contribution in [-0.4, -0.2) is 101 Å². The molecule has 0 spiro atoms. The molecule has 27 heteroatoms. The van der Waals surface area contributed by atoms with Gasteiger partial charge in [0, 0.05) is 107 Å². The van der Waals surface area contributed by atoms with Gasteiger partial charge in [0.05, 0.1) is 50.9 Å². The fraction of sp³-hybridized carbons (Fsp3) is 0.333. The number of carbonyl (C=O) groups is 1. The van der Waals surface area contributed by atoms with Crippen molar-refractivity contribution in [2.75, 3.05) is 48.5 Å². The third-order valence-corrected chi connectivity index (χ3v) is 17.5. The number of aldehydes is 1. The van der Waals surface area contributed by atoms with Gasteiger partial charge in [-0.3, -0.25) is 4.79 Å². The third-order valence-electron chi connectivity index (χ3n) is 17.1. The number of fused-ring (bicyclic) bond motifs is 1. The van der Waals surface area contributed by atoms with Crippen molar-refractivity contribution in [2.24, 2.45) is 0 Å². The summed E-state index contributed by atoms with van der Waals surface area (Å²) in [5.74, 6) is 4.53. The molecule has 1 aliphatic heterocycles. The summed E-state index contributed by atoms with van der Waals surface area (Å²) >= 11 is 3.20. The van der Waals surface area contributed by atoms with Crippen LogP contribution in [0.2, 0.25) is 0 Å². The maximum absolute atomic E-state index is 10.0. The number of pyridine rings is 4. The van der Waals surface area contributed by atoms with Crippen molar-refractivity contribution >= 4 is 74.8 Å². The number of hydrogen-bond donors (Lipinski definition) is 5. The molecule has 0 bridgehead atoms. The van der Waals surface area contributed by atoms with Crippen molar-refractivity contribution in [3.63, 3.8) is 0 Å². The molecule has 105 heavy (non-hydrogen) atoms. The van der Waals surface area contributed by atoms with Gasteiger partial charge in [-0.2, -0.15) is 0 Å². The second kappa shape index (κ2) is 37.8. The van der Waals surface area contributed by atoms with E-state index in [-0.39, 0.29) is 18.3 Å². The van der Waals surface area contributed by atoms with Crippen LogP contribution < -0.4 is 34.1 Å². The number of nitrogen functional groups attached to an aromatic ring is 5. The zero-order valence-corrected chi connectivity index (χ0v) is 64.6. The number of imidazole rings is 1. The Balaban J connectivity index is 0.000000177. The molecule has 0 aliphatic carbocycles. The molecule has 0 amide bonds. The van der Waals surface area contributed by atoms with Crippen LogP contribution in [0.4, 0.5) is 28.8 Å². The number of hydrogen-bond acceptors (Lipinski definition) is 24. The fourth-order valence-electron chi connectivity index (χ4n) is 11.0. The minimum atomic E-state index is -0.849. The number of halogens is 1. The number of carbonyl (C=O) groups excluding carboxylic acids is 1. The van der Waals surface area contributed by atoms with Crippen molar-refractivity contribution in [3.05, 3.63) is 218 Å². The molecule has 3 aromatic carbocycles. The summed E-state index contributed by atoms with van der Waals surface area (Å²) in [6, 6.07) is 37.6. The van der Waals surface area contributed by atoms with Crippen LogP contribution in [0.3, 0.4) is 0 Å². The van der Waals surface area contributed by atoms with Crippen molar-refractivity contribution in [1.29, 1.82) is 0 Å². The zero-order chi connectivity index (χ0) is 76.8. The molecule has 1 aliphatic rings. The third kappa shape index (κ3) is 22.3. The molecule has 1 saturated heterocycles. The van der Waals surface area contributed by atoms with E-state index in [1.807, 2.05) is 147 Å². The summed E-state index contributed by atoms with van der Waals surface area (Å²) in [4.78, 5) is 31.3. The van der Waals surface area contributed by atoms with Crippen molar-refractivity contribution in [2.45, 2.75) is 154 Å². The Kier molecular flexibility index (Phi) is 29.5. The highest BCUT2D eigenvalue weighted by atomic mass is 79.9. The van der Waals surface area contributed by atoms with Gasteiger partial charge >= 0.3 is 7.12 Å².